The number of fused-ring (bicyclic) bond motifs is 4. The fourth-order valence-corrected chi connectivity index (χ4v) is 5.28. The molecule has 5 heterocycles. The highest BCUT2D eigenvalue weighted by atomic mass is 35.5. The lowest BCUT2D eigenvalue weighted by Crippen LogP contribution is -2.48. The third-order valence-corrected chi connectivity index (χ3v) is 6.74. The van der Waals surface area contributed by atoms with Crippen LogP contribution in [0.4, 0.5) is 11.6 Å². The molecule has 0 amide bonds. The van der Waals surface area contributed by atoms with Crippen LogP contribution in [0.5, 0.6) is 0 Å². The van der Waals surface area contributed by atoms with Gasteiger partial charge in [0.05, 0.1) is 0 Å². The molecule has 7 nitrogen and oxygen atoms in total. The van der Waals surface area contributed by atoms with E-state index in [1.54, 1.807) is 0 Å². The highest BCUT2D eigenvalue weighted by Gasteiger charge is 2.36. The Bertz CT molecular complexity index is 954. The van der Waals surface area contributed by atoms with Crippen LogP contribution in [-0.2, 0) is 13.1 Å². The standard InChI is InChI=1S/C20H25ClN6O/c21-17-18(22)23-12-24-19(17)26-8-13-7-15(11-26)16-4-3-14(20(28)27(16)9-13)10-25-5-1-2-6-25/h3-4,12-13,15H,1-2,5-11H2,(H2,22,23,24)/t13-,15+/m0/s1. The van der Waals surface area contributed by atoms with Gasteiger partial charge in [-0.1, -0.05) is 17.7 Å². The molecule has 0 radical (unpaired) electrons. The van der Waals surface area contributed by atoms with Gasteiger partial charge in [-0.25, -0.2) is 9.97 Å². The van der Waals surface area contributed by atoms with Gasteiger partial charge in [-0.05, 0) is 44.3 Å². The summed E-state index contributed by atoms with van der Waals surface area (Å²) < 4.78 is 2.03. The minimum Gasteiger partial charge on any atom is -0.382 e. The molecule has 2 N–H and O–H groups in total. The first kappa shape index (κ1) is 17.9. The molecule has 3 aliphatic heterocycles. The number of halogens is 1. The Morgan fingerprint density at radius 3 is 2.79 bits per heavy atom. The fraction of sp³-hybridized carbons (Fsp3) is 0.550. The maximum Gasteiger partial charge on any atom is 0.255 e. The maximum atomic E-state index is 13.1. The molecule has 2 aromatic rings. The number of nitrogens with zero attached hydrogens (tertiary/aromatic N) is 5. The minimum absolute atomic E-state index is 0.192. The Hall–Kier alpha value is -2.12. The Morgan fingerprint density at radius 2 is 1.96 bits per heavy atom. The second kappa shape index (κ2) is 7.04. The third kappa shape index (κ3) is 3.06. The Morgan fingerprint density at radius 1 is 1.14 bits per heavy atom. The van der Waals surface area contributed by atoms with E-state index >= 15 is 0 Å². The average molecular weight is 401 g/mol. The molecule has 2 aromatic heterocycles. The second-order valence-corrected chi connectivity index (χ2v) is 8.66. The summed E-state index contributed by atoms with van der Waals surface area (Å²) in [6, 6.07) is 4.20. The molecular weight excluding hydrogens is 376 g/mol. The van der Waals surface area contributed by atoms with E-state index in [0.717, 1.165) is 56.9 Å². The van der Waals surface area contributed by atoms with Crippen LogP contribution in [0.15, 0.2) is 23.3 Å². The van der Waals surface area contributed by atoms with E-state index in [9.17, 15) is 4.79 Å². The van der Waals surface area contributed by atoms with E-state index in [0.29, 0.717) is 28.5 Å². The van der Waals surface area contributed by atoms with E-state index in [4.69, 9.17) is 17.3 Å². The zero-order valence-electron chi connectivity index (χ0n) is 15.9. The number of nitrogens with two attached hydrogens (primary N) is 1. The summed E-state index contributed by atoms with van der Waals surface area (Å²) in [5.74, 6) is 1.71. The van der Waals surface area contributed by atoms with Crippen molar-refractivity contribution in [3.8, 4) is 0 Å². The Kier molecular flexibility index (Phi) is 4.51. The Balaban J connectivity index is 1.43. The first-order valence-electron chi connectivity index (χ1n) is 10.1. The number of rotatable bonds is 3. The van der Waals surface area contributed by atoms with Gasteiger partial charge in [0.15, 0.2) is 5.82 Å². The number of anilines is 2. The van der Waals surface area contributed by atoms with Crippen molar-refractivity contribution in [2.45, 2.75) is 38.3 Å². The zero-order valence-corrected chi connectivity index (χ0v) is 16.6. The van der Waals surface area contributed by atoms with Gasteiger partial charge in [-0.3, -0.25) is 9.69 Å². The number of piperidine rings is 1. The summed E-state index contributed by atoms with van der Waals surface area (Å²) in [7, 11) is 0. The molecule has 8 heteroatoms. The molecule has 148 valence electrons. The molecule has 2 bridgehead atoms. The lowest BCUT2D eigenvalue weighted by molar-refractivity contribution is 0.277. The van der Waals surface area contributed by atoms with Gasteiger partial charge in [-0.15, -0.1) is 0 Å². The van der Waals surface area contributed by atoms with E-state index in [2.05, 4.69) is 25.8 Å². The summed E-state index contributed by atoms with van der Waals surface area (Å²) in [5.41, 5.74) is 8.11. The highest BCUT2D eigenvalue weighted by molar-refractivity contribution is 6.35. The van der Waals surface area contributed by atoms with Gasteiger partial charge in [0.2, 0.25) is 0 Å². The normalized spacial score (nSPS) is 24.4. The maximum absolute atomic E-state index is 13.1. The van der Waals surface area contributed by atoms with Crippen LogP contribution in [0.3, 0.4) is 0 Å². The van der Waals surface area contributed by atoms with Crippen molar-refractivity contribution in [3.63, 3.8) is 0 Å². The quantitative estimate of drug-likeness (QED) is 0.849. The van der Waals surface area contributed by atoms with Gasteiger partial charge < -0.3 is 15.2 Å². The molecule has 0 spiro atoms. The lowest BCUT2D eigenvalue weighted by atomic mass is 9.83. The van der Waals surface area contributed by atoms with Crippen LogP contribution in [-0.4, -0.2) is 45.6 Å². The van der Waals surface area contributed by atoms with Crippen molar-refractivity contribution in [2.24, 2.45) is 5.92 Å². The highest BCUT2D eigenvalue weighted by Crippen LogP contribution is 2.38. The van der Waals surface area contributed by atoms with E-state index in [-0.39, 0.29) is 5.56 Å². The molecule has 2 atom stereocenters. The largest absolute Gasteiger partial charge is 0.382 e. The van der Waals surface area contributed by atoms with E-state index in [1.165, 1.54) is 19.2 Å². The minimum atomic E-state index is 0.192. The van der Waals surface area contributed by atoms with Crippen LogP contribution in [0.2, 0.25) is 5.02 Å². The van der Waals surface area contributed by atoms with Gasteiger partial charge >= 0.3 is 0 Å². The zero-order chi connectivity index (χ0) is 19.3. The predicted molar refractivity (Wildman–Crippen MR) is 110 cm³/mol. The molecule has 28 heavy (non-hydrogen) atoms. The number of likely N-dealkylation sites (tertiary alicyclic amines) is 1. The van der Waals surface area contributed by atoms with Gasteiger partial charge in [0, 0.05) is 43.4 Å². The van der Waals surface area contributed by atoms with Gasteiger partial charge in [0.25, 0.3) is 5.56 Å². The summed E-state index contributed by atoms with van der Waals surface area (Å²) >= 11 is 6.36. The second-order valence-electron chi connectivity index (χ2n) is 8.28. The summed E-state index contributed by atoms with van der Waals surface area (Å²) in [5, 5.41) is 0.417. The predicted octanol–water partition coefficient (Wildman–Crippen LogP) is 2.09. The molecule has 3 aliphatic rings. The molecule has 0 unspecified atom stereocenters. The molecule has 2 fully saturated rings. The number of hydrogen-bond donors (Lipinski definition) is 1. The monoisotopic (exact) mass is 400 g/mol. The molecule has 2 saturated heterocycles. The van der Waals surface area contributed by atoms with Crippen LogP contribution < -0.4 is 16.2 Å². The van der Waals surface area contributed by atoms with Crippen molar-refractivity contribution < 1.29 is 0 Å². The SMILES string of the molecule is Nc1ncnc(N2C[C@@H]3C[C@H](C2)c2ccc(CN4CCCC4)c(=O)n2C3)c1Cl. The first-order chi connectivity index (χ1) is 13.6. The topological polar surface area (TPSA) is 80.3 Å². The molecule has 0 aliphatic carbocycles. The molecular formula is C20H25ClN6O. The number of aromatic nitrogens is 3. The first-order valence-corrected chi connectivity index (χ1v) is 10.4. The van der Waals surface area contributed by atoms with Crippen molar-refractivity contribution >= 4 is 23.2 Å². The summed E-state index contributed by atoms with van der Waals surface area (Å²) in [4.78, 5) is 26.1. The fourth-order valence-electron chi connectivity index (χ4n) is 5.06. The lowest BCUT2D eigenvalue weighted by Gasteiger charge is -2.43. The van der Waals surface area contributed by atoms with Crippen LogP contribution in [0, 0.1) is 5.92 Å². The van der Waals surface area contributed by atoms with Gasteiger partial charge in [0.1, 0.15) is 17.2 Å². The number of pyridine rings is 1. The van der Waals surface area contributed by atoms with E-state index in [1.807, 2.05) is 10.6 Å². The van der Waals surface area contributed by atoms with Crippen molar-refractivity contribution in [1.82, 2.24) is 19.4 Å². The Labute approximate surface area is 169 Å². The molecule has 0 aromatic carbocycles. The van der Waals surface area contributed by atoms with Crippen molar-refractivity contribution in [3.05, 3.63) is 45.1 Å². The molecule has 5 rings (SSSR count). The third-order valence-electron chi connectivity index (χ3n) is 6.37. The number of hydrogen-bond acceptors (Lipinski definition) is 6. The van der Waals surface area contributed by atoms with Crippen LogP contribution >= 0.6 is 11.6 Å². The van der Waals surface area contributed by atoms with Crippen molar-refractivity contribution in [1.29, 1.82) is 0 Å². The van der Waals surface area contributed by atoms with Gasteiger partial charge in [-0.2, -0.15) is 0 Å². The average Bonchev–Trinajstić information content (AvgIpc) is 3.20. The van der Waals surface area contributed by atoms with E-state index < -0.39 is 0 Å². The van der Waals surface area contributed by atoms with Crippen LogP contribution in [0.1, 0.15) is 36.4 Å². The van der Waals surface area contributed by atoms with Crippen LogP contribution in [0.25, 0.3) is 0 Å². The number of nitrogen functional groups attached to an aromatic ring is 1. The summed E-state index contributed by atoms with van der Waals surface area (Å²) in [6.07, 6.45) is 5.04. The van der Waals surface area contributed by atoms with Crippen molar-refractivity contribution in [2.75, 3.05) is 36.8 Å². The molecule has 0 saturated carbocycles. The smallest absolute Gasteiger partial charge is 0.255 e. The summed E-state index contributed by atoms with van der Waals surface area (Å²) in [6.45, 7) is 5.35.